The molecule has 2 aromatic carbocycles. The van der Waals surface area contributed by atoms with E-state index >= 15 is 0 Å². The van der Waals surface area contributed by atoms with Crippen LogP contribution in [0.4, 0.5) is 4.79 Å². The van der Waals surface area contributed by atoms with Gasteiger partial charge in [0.25, 0.3) is 0 Å². The molecule has 1 aromatic heterocycles. The van der Waals surface area contributed by atoms with Crippen LogP contribution in [0.3, 0.4) is 0 Å². The van der Waals surface area contributed by atoms with Gasteiger partial charge in [-0.2, -0.15) is 0 Å². The van der Waals surface area contributed by atoms with E-state index in [1.807, 2.05) is 18.2 Å². The lowest BCUT2D eigenvalue weighted by molar-refractivity contribution is -0.156. The summed E-state index contributed by atoms with van der Waals surface area (Å²) in [5, 5.41) is 22.5. The smallest absolute Gasteiger partial charge is 0.408 e. The Morgan fingerprint density at radius 1 is 0.861 bits per heavy atom. The number of rotatable bonds is 28. The van der Waals surface area contributed by atoms with Crippen molar-refractivity contribution in [3.63, 3.8) is 0 Å². The van der Waals surface area contributed by atoms with Gasteiger partial charge in [-0.05, 0) is 70.1 Å². The standard InChI is InChI=1S/C47H65N11O12S2/c1-47(2,3)70-39(62)23-33(54-37(59)25-53-41(64)32(16-9-10-19-51-45(49)50)57-46(68)69-26-28-12-5-4-6-13-28)42(65)55-34(22-29-24-52-31-15-8-7-14-30(29)31)44(67)58-20-11-17-36(58)43(66)56-35(40(48)63)27-72-71-21-18-38(60)61/h4-8,12-15,24,32-36,52H,9-11,16-23,25-27H2,1-3H3,(H2,48,63)(H,53,64)(H,54,59)(H,55,65)(H,56,66)(H,57,68)(H,60,61)(H4,49,50,51)/t32-,33-,34-,35-,36-/m0/s1. The highest BCUT2D eigenvalue weighted by atomic mass is 33.1. The highest BCUT2D eigenvalue weighted by Gasteiger charge is 2.40. The summed E-state index contributed by atoms with van der Waals surface area (Å²) in [7, 11) is 2.35. The number of H-pyrrole nitrogens is 1. The van der Waals surface area contributed by atoms with Gasteiger partial charge >= 0.3 is 18.0 Å². The number of carbonyl (C=O) groups is 9. The van der Waals surface area contributed by atoms with Gasteiger partial charge < -0.3 is 68.2 Å². The van der Waals surface area contributed by atoms with Crippen molar-refractivity contribution in [3.8, 4) is 0 Å². The Morgan fingerprint density at radius 2 is 1.58 bits per heavy atom. The third-order valence-corrected chi connectivity index (χ3v) is 13.2. The Balaban J connectivity index is 1.53. The minimum Gasteiger partial charge on any atom is -0.481 e. The lowest BCUT2D eigenvalue weighted by atomic mass is 10.0. The Hall–Kier alpha value is -7.02. The molecule has 2 heterocycles. The number of aliphatic imine (C=N–C) groups is 1. The number of esters is 1. The number of primary amides is 1. The number of ether oxygens (including phenoxy) is 2. The Labute approximate surface area is 424 Å². The minimum absolute atomic E-state index is 0.0306. The molecule has 1 saturated heterocycles. The summed E-state index contributed by atoms with van der Waals surface area (Å²) < 4.78 is 10.8. The number of hydrogen-bond acceptors (Lipinski definition) is 14. The molecule has 1 aliphatic rings. The molecule has 4 rings (SSSR count). The number of guanidine groups is 1. The number of amides is 7. The second-order valence-electron chi connectivity index (χ2n) is 17.7. The van der Waals surface area contributed by atoms with Gasteiger partial charge in [-0.3, -0.25) is 43.3 Å². The van der Waals surface area contributed by atoms with Gasteiger partial charge in [0, 0.05) is 48.1 Å². The lowest BCUT2D eigenvalue weighted by Gasteiger charge is -2.30. The molecule has 25 heteroatoms. The quantitative estimate of drug-likeness (QED) is 0.0160. The molecule has 23 nitrogen and oxygen atoms in total. The largest absolute Gasteiger partial charge is 0.481 e. The normalized spacial score (nSPS) is 14.9. The number of alkyl carbamates (subject to hydrolysis) is 1. The molecule has 1 aliphatic heterocycles. The SMILES string of the molecule is CC(C)(C)OC(=O)C[C@H](NC(=O)CNC(=O)[C@H](CCCCN=C(N)N)NC(=O)OCc1ccccc1)C(=O)N[C@@H](Cc1c[nH]c2ccccc12)C(=O)N1CCC[C@H]1C(=O)N[C@@H](CSSCCC(=O)O)C(N)=O. The molecule has 0 spiro atoms. The summed E-state index contributed by atoms with van der Waals surface area (Å²) in [6, 6.07) is 9.68. The van der Waals surface area contributed by atoms with Gasteiger partial charge in [-0.15, -0.1) is 0 Å². The van der Waals surface area contributed by atoms with Gasteiger partial charge in [-0.1, -0.05) is 70.1 Å². The maximum Gasteiger partial charge on any atom is 0.408 e. The summed E-state index contributed by atoms with van der Waals surface area (Å²) >= 11 is 0. The zero-order valence-electron chi connectivity index (χ0n) is 40.4. The summed E-state index contributed by atoms with van der Waals surface area (Å²) in [5.41, 5.74) is 17.5. The fourth-order valence-electron chi connectivity index (χ4n) is 7.40. The number of likely N-dealkylation sites (tertiary alicyclic amines) is 1. The number of aliphatic carboxylic acids is 1. The van der Waals surface area contributed by atoms with Crippen molar-refractivity contribution in [3.05, 3.63) is 71.9 Å². The molecular formula is C47H65N11O12S2. The molecule has 72 heavy (non-hydrogen) atoms. The topological polar surface area (TPSA) is 362 Å². The average molecular weight is 1040 g/mol. The number of fused-ring (bicyclic) bond motifs is 1. The molecule has 1 fully saturated rings. The monoisotopic (exact) mass is 1040 g/mol. The first-order chi connectivity index (χ1) is 34.2. The van der Waals surface area contributed by atoms with Crippen molar-refractivity contribution >= 4 is 91.9 Å². The second kappa shape index (κ2) is 28.7. The molecule has 7 amide bonds. The molecule has 0 radical (unpaired) electrons. The summed E-state index contributed by atoms with van der Waals surface area (Å²) in [4.78, 5) is 128. The Bertz CT molecular complexity index is 2390. The number of unbranched alkanes of at least 4 members (excludes halogenated alkanes) is 1. The average Bonchev–Trinajstić information content (AvgIpc) is 3.98. The number of benzene rings is 2. The van der Waals surface area contributed by atoms with Crippen LogP contribution in [-0.2, 0) is 60.9 Å². The van der Waals surface area contributed by atoms with Crippen LogP contribution < -0.4 is 43.8 Å². The zero-order valence-corrected chi connectivity index (χ0v) is 42.1. The molecule has 392 valence electrons. The number of aromatic nitrogens is 1. The zero-order chi connectivity index (χ0) is 52.8. The van der Waals surface area contributed by atoms with Crippen LogP contribution in [0.1, 0.15) is 76.8 Å². The van der Waals surface area contributed by atoms with Crippen LogP contribution in [0.2, 0.25) is 0 Å². The fourth-order valence-corrected chi connectivity index (χ4v) is 9.56. The van der Waals surface area contributed by atoms with E-state index in [1.165, 1.54) is 15.7 Å². The Morgan fingerprint density at radius 3 is 2.28 bits per heavy atom. The van der Waals surface area contributed by atoms with Crippen LogP contribution in [0.25, 0.3) is 10.9 Å². The highest BCUT2D eigenvalue weighted by Crippen LogP contribution is 2.25. The van der Waals surface area contributed by atoms with Crippen molar-refractivity contribution in [1.29, 1.82) is 0 Å². The minimum atomic E-state index is -1.65. The molecule has 13 N–H and O–H groups in total. The number of nitrogens with zero attached hydrogens (tertiary/aromatic N) is 2. The summed E-state index contributed by atoms with van der Waals surface area (Å²) in [6.45, 7) is 4.41. The van der Waals surface area contributed by atoms with E-state index in [9.17, 15) is 43.2 Å². The first-order valence-electron chi connectivity index (χ1n) is 23.2. The number of carboxylic acids is 1. The van der Waals surface area contributed by atoms with Crippen LogP contribution in [0.15, 0.2) is 65.8 Å². The first kappa shape index (κ1) is 57.6. The predicted octanol–water partition coefficient (Wildman–Crippen LogP) is 1.08. The van der Waals surface area contributed by atoms with E-state index in [2.05, 4.69) is 36.6 Å². The van der Waals surface area contributed by atoms with Crippen molar-refractivity contribution in [2.75, 3.05) is 31.1 Å². The number of carbonyl (C=O) groups excluding carboxylic acids is 8. The second-order valence-corrected chi connectivity index (χ2v) is 20.3. The van der Waals surface area contributed by atoms with E-state index in [0.717, 1.165) is 21.7 Å². The lowest BCUT2D eigenvalue weighted by Crippen LogP contribution is -2.59. The van der Waals surface area contributed by atoms with Gasteiger partial charge in [0.1, 0.15) is 42.4 Å². The van der Waals surface area contributed by atoms with Crippen LogP contribution in [0.5, 0.6) is 0 Å². The number of nitrogens with two attached hydrogens (primary N) is 3. The van der Waals surface area contributed by atoms with Crippen molar-refractivity contribution in [1.82, 2.24) is 36.5 Å². The number of aromatic amines is 1. The van der Waals surface area contributed by atoms with Crippen molar-refractivity contribution in [2.45, 2.75) is 115 Å². The van der Waals surface area contributed by atoms with Gasteiger partial charge in [0.2, 0.25) is 35.4 Å². The third-order valence-electron chi connectivity index (χ3n) is 10.8. The van der Waals surface area contributed by atoms with Crippen LogP contribution in [0, 0.1) is 0 Å². The van der Waals surface area contributed by atoms with E-state index in [4.69, 9.17) is 31.8 Å². The van der Waals surface area contributed by atoms with Gasteiger partial charge in [0.05, 0.1) is 19.4 Å². The summed E-state index contributed by atoms with van der Waals surface area (Å²) in [6.07, 6.45) is 1.41. The van der Waals surface area contributed by atoms with Crippen molar-refractivity contribution < 1.29 is 57.7 Å². The summed E-state index contributed by atoms with van der Waals surface area (Å²) in [5.74, 6) is -6.49. The maximum absolute atomic E-state index is 14.7. The molecule has 3 aromatic rings. The highest BCUT2D eigenvalue weighted by molar-refractivity contribution is 8.76. The predicted molar refractivity (Wildman–Crippen MR) is 270 cm³/mol. The Kier molecular flexibility index (Phi) is 23.0. The third kappa shape index (κ3) is 20.0. The van der Waals surface area contributed by atoms with Crippen LogP contribution in [-0.4, -0.2) is 141 Å². The molecule has 0 aliphatic carbocycles. The van der Waals surface area contributed by atoms with E-state index in [0.29, 0.717) is 30.4 Å². The maximum atomic E-state index is 14.7. The molecule has 0 bridgehead atoms. The molecule has 0 saturated carbocycles. The molecule has 5 atom stereocenters. The number of nitrogens with one attached hydrogen (secondary N) is 6. The van der Waals surface area contributed by atoms with Crippen LogP contribution >= 0.6 is 21.6 Å². The fraction of sp³-hybridized carbons (Fsp3) is 0.489. The van der Waals surface area contributed by atoms with E-state index in [1.54, 1.807) is 63.4 Å². The van der Waals surface area contributed by atoms with Gasteiger partial charge in [-0.25, -0.2) is 4.79 Å². The molecular weight excluding hydrogens is 975 g/mol. The van der Waals surface area contributed by atoms with E-state index in [-0.39, 0.29) is 62.8 Å². The van der Waals surface area contributed by atoms with Gasteiger partial charge in [0.15, 0.2) is 5.96 Å². The number of carboxylic acid groups (broad SMARTS) is 1. The van der Waals surface area contributed by atoms with Crippen molar-refractivity contribution in [2.24, 2.45) is 22.2 Å². The first-order valence-corrected chi connectivity index (χ1v) is 25.7. The number of hydrogen-bond donors (Lipinski definition) is 10. The van der Waals surface area contributed by atoms with E-state index < -0.39 is 102 Å². The number of para-hydroxylation sites is 1. The molecule has 0 unspecified atom stereocenters.